The Bertz CT molecular complexity index is 478. The summed E-state index contributed by atoms with van der Waals surface area (Å²) in [6.45, 7) is 0.441. The number of pyridine rings is 1. The highest BCUT2D eigenvalue weighted by atomic mass is 35.5. The molecule has 1 heterocycles. The van der Waals surface area contributed by atoms with Gasteiger partial charge in [0, 0.05) is 24.5 Å². The maximum Gasteiger partial charge on any atom is 0.123 e. The van der Waals surface area contributed by atoms with Crippen LogP contribution in [-0.4, -0.2) is 4.98 Å². The lowest BCUT2D eigenvalue weighted by molar-refractivity contribution is 0.628. The van der Waals surface area contributed by atoms with Crippen LogP contribution in [0.5, 0.6) is 0 Å². The van der Waals surface area contributed by atoms with Gasteiger partial charge in [-0.3, -0.25) is 4.98 Å². The fourth-order valence-corrected chi connectivity index (χ4v) is 1.43. The smallest absolute Gasteiger partial charge is 0.123 e. The number of aromatic nitrogens is 1. The van der Waals surface area contributed by atoms with Crippen molar-refractivity contribution < 1.29 is 4.39 Å². The lowest BCUT2D eigenvalue weighted by Crippen LogP contribution is -1.97. The van der Waals surface area contributed by atoms with Crippen LogP contribution in [0, 0.1) is 5.82 Å². The lowest BCUT2D eigenvalue weighted by Gasteiger charge is -2.03. The quantitative estimate of drug-likeness (QED) is 0.914. The van der Waals surface area contributed by atoms with E-state index in [9.17, 15) is 4.39 Å². The first kappa shape index (κ1) is 15.8. The Morgan fingerprint density at radius 1 is 1.06 bits per heavy atom. The van der Waals surface area contributed by atoms with Gasteiger partial charge in [0.05, 0.1) is 0 Å². The van der Waals surface area contributed by atoms with Gasteiger partial charge in [0.25, 0.3) is 0 Å². The Labute approximate surface area is 112 Å². The summed E-state index contributed by atoms with van der Waals surface area (Å²) < 4.78 is 13.0. The van der Waals surface area contributed by atoms with Gasteiger partial charge in [-0.05, 0) is 29.3 Å². The molecule has 0 aliphatic heterocycles. The van der Waals surface area contributed by atoms with Crippen molar-refractivity contribution in [2.24, 2.45) is 5.73 Å². The van der Waals surface area contributed by atoms with Gasteiger partial charge in [-0.15, -0.1) is 24.8 Å². The molecule has 17 heavy (non-hydrogen) atoms. The molecule has 0 spiro atoms. The lowest BCUT2D eigenvalue weighted by atomic mass is 10.1. The van der Waals surface area contributed by atoms with E-state index >= 15 is 0 Å². The van der Waals surface area contributed by atoms with Crippen LogP contribution < -0.4 is 5.73 Å². The zero-order valence-corrected chi connectivity index (χ0v) is 10.6. The molecule has 2 nitrogen and oxygen atoms in total. The topological polar surface area (TPSA) is 38.9 Å². The Morgan fingerprint density at radius 2 is 1.82 bits per heavy atom. The summed E-state index contributed by atoms with van der Waals surface area (Å²) in [6.07, 6.45) is 3.41. The average Bonchev–Trinajstić information content (AvgIpc) is 2.29. The van der Waals surface area contributed by atoms with Gasteiger partial charge in [0.2, 0.25) is 0 Å². The minimum Gasteiger partial charge on any atom is -0.326 e. The second-order valence-corrected chi connectivity index (χ2v) is 3.30. The van der Waals surface area contributed by atoms with Crippen molar-refractivity contribution in [3.8, 4) is 11.1 Å². The summed E-state index contributed by atoms with van der Waals surface area (Å²) in [4.78, 5) is 4.06. The van der Waals surface area contributed by atoms with Crippen molar-refractivity contribution >= 4 is 24.8 Å². The van der Waals surface area contributed by atoms with Crippen LogP contribution in [0.2, 0.25) is 0 Å². The van der Waals surface area contributed by atoms with E-state index in [2.05, 4.69) is 4.98 Å². The Balaban J connectivity index is 0.00000128. The number of benzene rings is 1. The number of rotatable bonds is 2. The zero-order chi connectivity index (χ0) is 10.7. The van der Waals surface area contributed by atoms with E-state index in [4.69, 9.17) is 5.73 Å². The van der Waals surface area contributed by atoms with E-state index in [0.29, 0.717) is 6.54 Å². The molecule has 1 aromatic carbocycles. The second kappa shape index (κ2) is 7.22. The first-order chi connectivity index (χ1) is 7.29. The third kappa shape index (κ3) is 3.97. The van der Waals surface area contributed by atoms with Crippen molar-refractivity contribution in [3.63, 3.8) is 0 Å². The van der Waals surface area contributed by atoms with Gasteiger partial charge < -0.3 is 5.73 Å². The number of nitrogens with zero attached hydrogens (tertiary/aromatic N) is 1. The molecule has 1 aromatic heterocycles. The fraction of sp³-hybridized carbons (Fsp3) is 0.0833. The molecule has 0 amide bonds. The van der Waals surface area contributed by atoms with Crippen LogP contribution in [0.25, 0.3) is 11.1 Å². The minimum absolute atomic E-state index is 0. The van der Waals surface area contributed by atoms with E-state index in [1.54, 1.807) is 18.5 Å². The molecule has 0 aliphatic rings. The number of hydrogen-bond acceptors (Lipinski definition) is 2. The standard InChI is InChI=1S/C12H11FN2.2ClH/c13-12-3-1-2-10(5-12)11-4-9(6-14)7-15-8-11;;/h1-5,7-8H,6,14H2;2*1H. The van der Waals surface area contributed by atoms with E-state index < -0.39 is 0 Å². The molecule has 2 rings (SSSR count). The first-order valence-corrected chi connectivity index (χ1v) is 4.69. The molecule has 0 bridgehead atoms. The first-order valence-electron chi connectivity index (χ1n) is 4.69. The normalized spacial score (nSPS) is 9.06. The van der Waals surface area contributed by atoms with E-state index in [0.717, 1.165) is 16.7 Å². The van der Waals surface area contributed by atoms with Crippen LogP contribution in [0.3, 0.4) is 0 Å². The predicted octanol–water partition coefficient (Wildman–Crippen LogP) is 3.19. The van der Waals surface area contributed by atoms with Crippen LogP contribution >= 0.6 is 24.8 Å². The maximum atomic E-state index is 13.0. The largest absolute Gasteiger partial charge is 0.326 e. The van der Waals surface area contributed by atoms with Gasteiger partial charge in [-0.25, -0.2) is 4.39 Å². The third-order valence-corrected chi connectivity index (χ3v) is 2.19. The summed E-state index contributed by atoms with van der Waals surface area (Å²) >= 11 is 0. The van der Waals surface area contributed by atoms with Crippen molar-refractivity contribution in [2.75, 3.05) is 0 Å². The van der Waals surface area contributed by atoms with Crippen molar-refractivity contribution in [3.05, 3.63) is 54.1 Å². The number of nitrogens with two attached hydrogens (primary N) is 1. The third-order valence-electron chi connectivity index (χ3n) is 2.19. The van der Waals surface area contributed by atoms with Crippen molar-refractivity contribution in [1.29, 1.82) is 0 Å². The zero-order valence-electron chi connectivity index (χ0n) is 8.97. The summed E-state index contributed by atoms with van der Waals surface area (Å²) in [6, 6.07) is 8.35. The molecule has 0 radical (unpaired) electrons. The molecule has 0 unspecified atom stereocenters. The highest BCUT2D eigenvalue weighted by molar-refractivity contribution is 5.85. The van der Waals surface area contributed by atoms with Gasteiger partial charge in [-0.2, -0.15) is 0 Å². The highest BCUT2D eigenvalue weighted by Gasteiger charge is 2.00. The molecule has 5 heteroatoms. The molecule has 2 N–H and O–H groups in total. The van der Waals surface area contributed by atoms with Crippen LogP contribution in [0.4, 0.5) is 4.39 Å². The molecule has 0 saturated heterocycles. The van der Waals surface area contributed by atoms with Crippen LogP contribution in [-0.2, 0) is 6.54 Å². The van der Waals surface area contributed by atoms with E-state index in [1.807, 2.05) is 12.1 Å². The van der Waals surface area contributed by atoms with Gasteiger partial charge in [0.15, 0.2) is 0 Å². The molecular formula is C12H13Cl2FN2. The SMILES string of the molecule is Cl.Cl.NCc1cncc(-c2cccc(F)c2)c1. The van der Waals surface area contributed by atoms with Gasteiger partial charge in [0.1, 0.15) is 5.82 Å². The van der Waals surface area contributed by atoms with Crippen molar-refractivity contribution in [1.82, 2.24) is 4.98 Å². The van der Waals surface area contributed by atoms with Gasteiger partial charge in [-0.1, -0.05) is 12.1 Å². The molecule has 0 atom stereocenters. The van der Waals surface area contributed by atoms with Gasteiger partial charge >= 0.3 is 0 Å². The predicted molar refractivity (Wildman–Crippen MR) is 72.0 cm³/mol. The molecule has 0 aliphatic carbocycles. The van der Waals surface area contributed by atoms with E-state index in [-0.39, 0.29) is 30.6 Å². The molecule has 2 aromatic rings. The molecule has 0 fully saturated rings. The molecule has 92 valence electrons. The Morgan fingerprint density at radius 3 is 2.47 bits per heavy atom. The van der Waals surface area contributed by atoms with E-state index in [1.165, 1.54) is 12.1 Å². The second-order valence-electron chi connectivity index (χ2n) is 3.30. The van der Waals surface area contributed by atoms with Crippen molar-refractivity contribution in [2.45, 2.75) is 6.54 Å². The Hall–Kier alpha value is -1.16. The molecular weight excluding hydrogens is 262 g/mol. The summed E-state index contributed by atoms with van der Waals surface area (Å²) in [5, 5.41) is 0. The average molecular weight is 275 g/mol. The molecule has 0 saturated carbocycles. The highest BCUT2D eigenvalue weighted by Crippen LogP contribution is 2.19. The summed E-state index contributed by atoms with van der Waals surface area (Å²) in [7, 11) is 0. The Kier molecular flexibility index (Phi) is 6.73. The van der Waals surface area contributed by atoms with Crippen LogP contribution in [0.15, 0.2) is 42.7 Å². The maximum absolute atomic E-state index is 13.0. The fourth-order valence-electron chi connectivity index (χ4n) is 1.43. The number of halogens is 3. The van der Waals surface area contributed by atoms with Crippen LogP contribution in [0.1, 0.15) is 5.56 Å². The summed E-state index contributed by atoms with van der Waals surface area (Å²) in [5.74, 6) is -0.245. The minimum atomic E-state index is -0.245. The monoisotopic (exact) mass is 274 g/mol. The summed E-state index contributed by atoms with van der Waals surface area (Å²) in [5.41, 5.74) is 8.16. The number of hydrogen-bond donors (Lipinski definition) is 1.